The van der Waals surface area contributed by atoms with Gasteiger partial charge in [-0.05, 0) is 24.3 Å². The van der Waals surface area contributed by atoms with Crippen molar-refractivity contribution in [2.45, 2.75) is 4.90 Å². The lowest BCUT2D eigenvalue weighted by molar-refractivity contribution is 0.415. The SMILES string of the molecule is COc1cccc(N(C)S(=O)(=O)c2ccccc2O)c1. The molecule has 0 fully saturated rings. The van der Waals surface area contributed by atoms with E-state index in [1.54, 1.807) is 36.4 Å². The maximum absolute atomic E-state index is 12.5. The Morgan fingerprint density at radius 3 is 2.45 bits per heavy atom. The summed E-state index contributed by atoms with van der Waals surface area (Å²) in [5, 5.41) is 9.71. The van der Waals surface area contributed by atoms with Gasteiger partial charge in [-0.3, -0.25) is 4.31 Å². The van der Waals surface area contributed by atoms with Crippen LogP contribution in [0.1, 0.15) is 0 Å². The highest BCUT2D eigenvalue weighted by molar-refractivity contribution is 7.92. The maximum atomic E-state index is 12.5. The number of phenols is 1. The Balaban J connectivity index is 2.46. The van der Waals surface area contributed by atoms with E-state index in [2.05, 4.69) is 0 Å². The molecular weight excluding hydrogens is 278 g/mol. The summed E-state index contributed by atoms with van der Waals surface area (Å²) in [4.78, 5) is -0.134. The predicted octanol–water partition coefficient (Wildman–Crippen LogP) is 2.23. The predicted molar refractivity (Wildman–Crippen MR) is 76.7 cm³/mol. The summed E-state index contributed by atoms with van der Waals surface area (Å²) in [5.74, 6) is 0.282. The van der Waals surface area contributed by atoms with E-state index in [9.17, 15) is 13.5 Å². The Bertz CT molecular complexity index is 713. The van der Waals surface area contributed by atoms with Gasteiger partial charge in [0.1, 0.15) is 16.4 Å². The monoisotopic (exact) mass is 293 g/mol. The minimum Gasteiger partial charge on any atom is -0.507 e. The molecule has 20 heavy (non-hydrogen) atoms. The zero-order valence-electron chi connectivity index (χ0n) is 11.1. The third-order valence-electron chi connectivity index (χ3n) is 2.92. The Morgan fingerprint density at radius 2 is 1.80 bits per heavy atom. The van der Waals surface area contributed by atoms with Crippen LogP contribution < -0.4 is 9.04 Å². The van der Waals surface area contributed by atoms with Gasteiger partial charge in [0.05, 0.1) is 12.8 Å². The minimum atomic E-state index is -3.82. The van der Waals surface area contributed by atoms with Crippen molar-refractivity contribution in [3.8, 4) is 11.5 Å². The van der Waals surface area contributed by atoms with Crippen molar-refractivity contribution in [3.05, 3.63) is 48.5 Å². The molecule has 0 bridgehead atoms. The standard InChI is InChI=1S/C14H15NO4S/c1-15(11-6-5-7-12(10-11)19-2)20(17,18)14-9-4-3-8-13(14)16/h3-10,16H,1-2H3. The second-order valence-electron chi connectivity index (χ2n) is 4.14. The number of phenolic OH excluding ortho intramolecular Hbond substituents is 1. The first kappa shape index (κ1) is 14.2. The Hall–Kier alpha value is -2.21. The second kappa shape index (κ2) is 5.42. The molecule has 0 saturated carbocycles. The fraction of sp³-hybridized carbons (Fsp3) is 0.143. The molecule has 106 valence electrons. The molecule has 2 aromatic rings. The highest BCUT2D eigenvalue weighted by Gasteiger charge is 2.24. The first-order chi connectivity index (χ1) is 9.46. The summed E-state index contributed by atoms with van der Waals surface area (Å²) >= 11 is 0. The summed E-state index contributed by atoms with van der Waals surface area (Å²) in [6.45, 7) is 0. The molecule has 0 spiro atoms. The van der Waals surface area contributed by atoms with Gasteiger partial charge in [0.25, 0.3) is 10.0 Å². The topological polar surface area (TPSA) is 66.8 Å². The molecule has 0 unspecified atom stereocenters. The van der Waals surface area contributed by atoms with Gasteiger partial charge >= 0.3 is 0 Å². The fourth-order valence-electron chi connectivity index (χ4n) is 1.77. The van der Waals surface area contributed by atoms with E-state index >= 15 is 0 Å². The zero-order chi connectivity index (χ0) is 14.8. The normalized spacial score (nSPS) is 11.1. The van der Waals surface area contributed by atoms with Gasteiger partial charge in [-0.25, -0.2) is 8.42 Å². The number of anilines is 1. The lowest BCUT2D eigenvalue weighted by Crippen LogP contribution is -2.26. The molecule has 1 N–H and O–H groups in total. The number of hydrogen-bond donors (Lipinski definition) is 1. The van der Waals surface area contributed by atoms with Crippen LogP contribution >= 0.6 is 0 Å². The molecule has 0 atom stereocenters. The maximum Gasteiger partial charge on any atom is 0.267 e. The number of benzene rings is 2. The number of para-hydroxylation sites is 1. The summed E-state index contributed by atoms with van der Waals surface area (Å²) in [6, 6.07) is 12.5. The number of hydrogen-bond acceptors (Lipinski definition) is 4. The van der Waals surface area contributed by atoms with Crippen molar-refractivity contribution >= 4 is 15.7 Å². The Morgan fingerprint density at radius 1 is 1.10 bits per heavy atom. The van der Waals surface area contributed by atoms with E-state index < -0.39 is 10.0 Å². The number of rotatable bonds is 4. The van der Waals surface area contributed by atoms with E-state index in [0.717, 1.165) is 4.31 Å². The average Bonchev–Trinajstić information content (AvgIpc) is 2.46. The summed E-state index contributed by atoms with van der Waals surface area (Å²) < 4.78 is 31.1. The third kappa shape index (κ3) is 2.55. The van der Waals surface area contributed by atoms with E-state index in [0.29, 0.717) is 11.4 Å². The lowest BCUT2D eigenvalue weighted by Gasteiger charge is -2.20. The van der Waals surface area contributed by atoms with Gasteiger partial charge < -0.3 is 9.84 Å². The number of aromatic hydroxyl groups is 1. The van der Waals surface area contributed by atoms with Crippen molar-refractivity contribution < 1.29 is 18.3 Å². The summed E-state index contributed by atoms with van der Waals surface area (Å²) in [6.07, 6.45) is 0. The average molecular weight is 293 g/mol. The zero-order valence-corrected chi connectivity index (χ0v) is 12.0. The van der Waals surface area contributed by atoms with Crippen LogP contribution in [-0.2, 0) is 10.0 Å². The van der Waals surface area contributed by atoms with Crippen molar-refractivity contribution in [1.82, 2.24) is 0 Å². The third-order valence-corrected chi connectivity index (χ3v) is 4.75. The van der Waals surface area contributed by atoms with Gasteiger partial charge in [-0.1, -0.05) is 18.2 Å². The highest BCUT2D eigenvalue weighted by Crippen LogP contribution is 2.29. The smallest absolute Gasteiger partial charge is 0.267 e. The molecule has 0 amide bonds. The van der Waals surface area contributed by atoms with Crippen LogP contribution in [0, 0.1) is 0 Å². The van der Waals surface area contributed by atoms with Gasteiger partial charge in [0.15, 0.2) is 0 Å². The van der Waals surface area contributed by atoms with Crippen molar-refractivity contribution in [2.24, 2.45) is 0 Å². The fourth-order valence-corrected chi connectivity index (χ4v) is 3.04. The van der Waals surface area contributed by atoms with Crippen LogP contribution in [0.15, 0.2) is 53.4 Å². The molecule has 5 nitrogen and oxygen atoms in total. The Labute approximate surface area is 118 Å². The molecule has 6 heteroatoms. The van der Waals surface area contributed by atoms with Crippen molar-refractivity contribution in [2.75, 3.05) is 18.5 Å². The molecular formula is C14H15NO4S. The minimum absolute atomic E-state index is 0.134. The van der Waals surface area contributed by atoms with E-state index in [1.807, 2.05) is 0 Å². The molecule has 0 aliphatic heterocycles. The highest BCUT2D eigenvalue weighted by atomic mass is 32.2. The molecule has 2 aromatic carbocycles. The van der Waals surface area contributed by atoms with Crippen LogP contribution in [-0.4, -0.2) is 27.7 Å². The molecule has 0 aliphatic rings. The lowest BCUT2D eigenvalue weighted by atomic mass is 10.3. The number of nitrogens with zero attached hydrogens (tertiary/aromatic N) is 1. The summed E-state index contributed by atoms with van der Waals surface area (Å²) in [5.41, 5.74) is 0.451. The first-order valence-corrected chi connectivity index (χ1v) is 7.32. The van der Waals surface area contributed by atoms with Crippen LogP contribution in [0.25, 0.3) is 0 Å². The summed E-state index contributed by atoms with van der Waals surface area (Å²) in [7, 11) is -0.882. The second-order valence-corrected chi connectivity index (χ2v) is 6.08. The molecule has 0 heterocycles. The van der Waals surface area contributed by atoms with Gasteiger partial charge in [0.2, 0.25) is 0 Å². The van der Waals surface area contributed by atoms with Gasteiger partial charge in [-0.15, -0.1) is 0 Å². The van der Waals surface area contributed by atoms with Crippen molar-refractivity contribution in [1.29, 1.82) is 0 Å². The molecule has 0 aliphatic carbocycles. The van der Waals surface area contributed by atoms with Gasteiger partial charge in [-0.2, -0.15) is 0 Å². The van der Waals surface area contributed by atoms with Crippen LogP contribution in [0.2, 0.25) is 0 Å². The van der Waals surface area contributed by atoms with Crippen LogP contribution in [0.4, 0.5) is 5.69 Å². The largest absolute Gasteiger partial charge is 0.507 e. The van der Waals surface area contributed by atoms with Crippen LogP contribution in [0.5, 0.6) is 11.5 Å². The van der Waals surface area contributed by atoms with Crippen LogP contribution in [0.3, 0.4) is 0 Å². The number of methoxy groups -OCH3 is 1. The Kier molecular flexibility index (Phi) is 3.85. The molecule has 0 saturated heterocycles. The van der Waals surface area contributed by atoms with Gasteiger partial charge in [0, 0.05) is 13.1 Å². The molecule has 0 radical (unpaired) electrons. The molecule has 2 rings (SSSR count). The quantitative estimate of drug-likeness (QED) is 0.938. The van der Waals surface area contributed by atoms with Crippen molar-refractivity contribution in [3.63, 3.8) is 0 Å². The number of sulfonamides is 1. The number of ether oxygens (including phenoxy) is 1. The van der Waals surface area contributed by atoms with E-state index in [1.165, 1.54) is 26.3 Å². The molecule has 0 aromatic heterocycles. The van der Waals surface area contributed by atoms with E-state index in [4.69, 9.17) is 4.74 Å². The first-order valence-electron chi connectivity index (χ1n) is 5.88. The van der Waals surface area contributed by atoms with E-state index in [-0.39, 0.29) is 10.6 Å².